The highest BCUT2D eigenvalue weighted by molar-refractivity contribution is 7.16. The minimum atomic E-state index is 0.713. The van der Waals surface area contributed by atoms with E-state index in [2.05, 4.69) is 76.7 Å². The first-order valence-electron chi connectivity index (χ1n) is 11.1. The SMILES string of the molecule is C=C/C=C(C)\C(=C/C)c1ccc2[nH]nc(-c3nc4c(-c5ccc(C(=C)C)s5)nccc4[nH]3)c2c1. The average molecular weight is 464 g/mol. The van der Waals surface area contributed by atoms with Crippen LogP contribution in [0.4, 0.5) is 0 Å². The number of hydrogen-bond acceptors (Lipinski definition) is 4. The van der Waals surface area contributed by atoms with Gasteiger partial charge in [-0.2, -0.15) is 5.10 Å². The molecule has 2 N–H and O–H groups in total. The van der Waals surface area contributed by atoms with Gasteiger partial charge in [0.05, 0.1) is 15.9 Å². The van der Waals surface area contributed by atoms with Gasteiger partial charge < -0.3 is 4.98 Å². The number of rotatable bonds is 6. The van der Waals surface area contributed by atoms with E-state index in [-0.39, 0.29) is 0 Å². The Morgan fingerprint density at radius 2 is 1.91 bits per heavy atom. The third kappa shape index (κ3) is 3.72. The summed E-state index contributed by atoms with van der Waals surface area (Å²) in [6.07, 6.45) is 7.77. The molecule has 4 aromatic heterocycles. The Bertz CT molecular complexity index is 1620. The number of thiophene rings is 1. The molecule has 0 amide bonds. The molecule has 6 heteroatoms. The molecule has 5 rings (SSSR count). The molecule has 168 valence electrons. The maximum absolute atomic E-state index is 4.94. The fraction of sp³-hybridized carbons (Fsp3) is 0.107. The minimum absolute atomic E-state index is 0.713. The van der Waals surface area contributed by atoms with Gasteiger partial charge in [0, 0.05) is 16.5 Å². The van der Waals surface area contributed by atoms with E-state index in [1.807, 2.05) is 38.3 Å². The van der Waals surface area contributed by atoms with Gasteiger partial charge in [0.15, 0.2) is 5.82 Å². The summed E-state index contributed by atoms with van der Waals surface area (Å²) in [7, 11) is 0. The number of benzene rings is 1. The molecule has 0 aliphatic carbocycles. The molecule has 0 bridgehead atoms. The molecule has 0 saturated heterocycles. The van der Waals surface area contributed by atoms with Crippen molar-refractivity contribution in [3.8, 4) is 22.1 Å². The van der Waals surface area contributed by atoms with Crippen molar-refractivity contribution in [2.45, 2.75) is 20.8 Å². The van der Waals surface area contributed by atoms with Gasteiger partial charge in [-0.1, -0.05) is 37.5 Å². The minimum Gasteiger partial charge on any atom is -0.336 e. The monoisotopic (exact) mass is 463 g/mol. The fourth-order valence-corrected chi connectivity index (χ4v) is 5.10. The second-order valence-electron chi connectivity index (χ2n) is 8.21. The van der Waals surface area contributed by atoms with Gasteiger partial charge in [-0.3, -0.25) is 10.1 Å². The normalized spacial score (nSPS) is 12.6. The number of fused-ring (bicyclic) bond motifs is 2. The van der Waals surface area contributed by atoms with E-state index in [4.69, 9.17) is 4.98 Å². The molecule has 0 aliphatic rings. The molecular weight excluding hydrogens is 438 g/mol. The first-order chi connectivity index (χ1) is 16.5. The molecule has 0 saturated carbocycles. The number of allylic oxidation sites excluding steroid dienone is 6. The second kappa shape index (κ2) is 8.72. The first kappa shape index (κ1) is 21.8. The molecule has 0 aliphatic heterocycles. The van der Waals surface area contributed by atoms with Gasteiger partial charge in [0.1, 0.15) is 16.9 Å². The quantitative estimate of drug-likeness (QED) is 0.252. The van der Waals surface area contributed by atoms with Crippen molar-refractivity contribution in [1.29, 1.82) is 0 Å². The maximum atomic E-state index is 4.94. The predicted octanol–water partition coefficient (Wildman–Crippen LogP) is 7.80. The van der Waals surface area contributed by atoms with Crippen LogP contribution in [0, 0.1) is 0 Å². The summed E-state index contributed by atoms with van der Waals surface area (Å²) < 4.78 is 0. The van der Waals surface area contributed by atoms with Crippen LogP contribution in [0.5, 0.6) is 0 Å². The van der Waals surface area contributed by atoms with Crippen LogP contribution in [0.25, 0.3) is 55.2 Å². The van der Waals surface area contributed by atoms with E-state index < -0.39 is 0 Å². The van der Waals surface area contributed by atoms with Crippen molar-refractivity contribution in [1.82, 2.24) is 25.1 Å². The molecule has 4 heterocycles. The molecule has 0 atom stereocenters. The van der Waals surface area contributed by atoms with Gasteiger partial charge in [-0.15, -0.1) is 11.3 Å². The summed E-state index contributed by atoms with van der Waals surface area (Å²) in [5.41, 5.74) is 8.86. The Morgan fingerprint density at radius 1 is 1.06 bits per heavy atom. The van der Waals surface area contributed by atoms with Crippen LogP contribution in [0.3, 0.4) is 0 Å². The Balaban J connectivity index is 1.63. The van der Waals surface area contributed by atoms with Crippen molar-refractivity contribution in [3.05, 3.63) is 90.0 Å². The Labute approximate surface area is 202 Å². The smallest absolute Gasteiger partial charge is 0.159 e. The molecule has 5 aromatic rings. The average Bonchev–Trinajstić information content (AvgIpc) is 3.56. The Kier molecular flexibility index (Phi) is 5.59. The summed E-state index contributed by atoms with van der Waals surface area (Å²) in [5, 5.41) is 8.76. The van der Waals surface area contributed by atoms with E-state index in [9.17, 15) is 0 Å². The van der Waals surface area contributed by atoms with Crippen LogP contribution in [0.1, 0.15) is 31.2 Å². The highest BCUT2D eigenvalue weighted by atomic mass is 32.1. The van der Waals surface area contributed by atoms with E-state index in [0.717, 1.165) is 65.4 Å². The summed E-state index contributed by atoms with van der Waals surface area (Å²) in [5.74, 6) is 0.713. The number of H-pyrrole nitrogens is 2. The van der Waals surface area contributed by atoms with Crippen LogP contribution in [0.15, 0.2) is 79.6 Å². The number of hydrogen-bond donors (Lipinski definition) is 2. The number of aromatic amines is 2. The van der Waals surface area contributed by atoms with E-state index >= 15 is 0 Å². The van der Waals surface area contributed by atoms with E-state index in [0.29, 0.717) is 5.82 Å². The van der Waals surface area contributed by atoms with Gasteiger partial charge >= 0.3 is 0 Å². The zero-order valence-electron chi connectivity index (χ0n) is 19.4. The van der Waals surface area contributed by atoms with Crippen LogP contribution < -0.4 is 0 Å². The second-order valence-corrected chi connectivity index (χ2v) is 9.29. The Hall–Kier alpha value is -4.03. The zero-order chi connectivity index (χ0) is 23.8. The fourth-order valence-electron chi connectivity index (χ4n) is 4.17. The Morgan fingerprint density at radius 3 is 2.65 bits per heavy atom. The molecular formula is C28H25N5S. The van der Waals surface area contributed by atoms with Gasteiger partial charge in [-0.05, 0) is 73.4 Å². The van der Waals surface area contributed by atoms with Crippen molar-refractivity contribution in [3.63, 3.8) is 0 Å². The highest BCUT2D eigenvalue weighted by Crippen LogP contribution is 2.35. The third-order valence-corrected chi connectivity index (χ3v) is 7.09. The van der Waals surface area contributed by atoms with E-state index in [1.165, 1.54) is 0 Å². The molecule has 0 fully saturated rings. The zero-order valence-corrected chi connectivity index (χ0v) is 20.3. The molecule has 0 spiro atoms. The summed E-state index contributed by atoms with van der Waals surface area (Å²) in [4.78, 5) is 15.2. The van der Waals surface area contributed by atoms with Crippen molar-refractivity contribution in [2.24, 2.45) is 0 Å². The largest absolute Gasteiger partial charge is 0.336 e. The van der Waals surface area contributed by atoms with Gasteiger partial charge in [0.2, 0.25) is 0 Å². The topological polar surface area (TPSA) is 70.2 Å². The summed E-state index contributed by atoms with van der Waals surface area (Å²) in [6, 6.07) is 12.4. The van der Waals surface area contributed by atoms with Crippen LogP contribution in [0.2, 0.25) is 0 Å². The van der Waals surface area contributed by atoms with Crippen LogP contribution in [-0.4, -0.2) is 25.1 Å². The van der Waals surface area contributed by atoms with Crippen LogP contribution in [-0.2, 0) is 0 Å². The molecule has 1 aromatic carbocycles. The number of nitrogens with one attached hydrogen (secondary N) is 2. The summed E-state index contributed by atoms with van der Waals surface area (Å²) in [6.45, 7) is 14.0. The molecule has 0 unspecified atom stereocenters. The lowest BCUT2D eigenvalue weighted by molar-refractivity contribution is 1.11. The lowest BCUT2D eigenvalue weighted by Gasteiger charge is -2.08. The number of imidazole rings is 1. The summed E-state index contributed by atoms with van der Waals surface area (Å²) >= 11 is 1.68. The standard InChI is InChI=1S/C28H25N5S/c1-6-8-17(5)19(7-2)18-9-10-21-20(15-18)25(33-32-21)28-30-22-13-14-29-27(26(22)31-28)24-12-11-23(34-24)16(3)4/h6-15H,1,3H2,2,4-5H3,(H,30,31)(H,32,33)/b17-8-,19-7+. The molecule has 5 nitrogen and oxygen atoms in total. The van der Waals surface area contributed by atoms with Gasteiger partial charge in [0.25, 0.3) is 0 Å². The number of pyridine rings is 1. The first-order valence-corrected chi connectivity index (χ1v) is 11.9. The third-order valence-electron chi connectivity index (χ3n) is 5.84. The van der Waals surface area contributed by atoms with Crippen molar-refractivity contribution < 1.29 is 0 Å². The number of aromatic nitrogens is 5. The van der Waals surface area contributed by atoms with E-state index in [1.54, 1.807) is 11.3 Å². The highest BCUT2D eigenvalue weighted by Gasteiger charge is 2.17. The van der Waals surface area contributed by atoms with Crippen molar-refractivity contribution in [2.75, 3.05) is 0 Å². The van der Waals surface area contributed by atoms with Crippen LogP contribution >= 0.6 is 11.3 Å². The molecule has 0 radical (unpaired) electrons. The van der Waals surface area contributed by atoms with Gasteiger partial charge in [-0.25, -0.2) is 4.98 Å². The predicted molar refractivity (Wildman–Crippen MR) is 145 cm³/mol. The molecule has 34 heavy (non-hydrogen) atoms. The lowest BCUT2D eigenvalue weighted by Crippen LogP contribution is -1.87. The maximum Gasteiger partial charge on any atom is 0.159 e. The lowest BCUT2D eigenvalue weighted by atomic mass is 9.97. The van der Waals surface area contributed by atoms with Crippen molar-refractivity contribution >= 4 is 44.4 Å². The number of nitrogens with zero attached hydrogens (tertiary/aromatic N) is 3.